The lowest BCUT2D eigenvalue weighted by atomic mass is 9.85. The van der Waals surface area contributed by atoms with Crippen molar-refractivity contribution in [3.63, 3.8) is 0 Å². The molecule has 0 saturated carbocycles. The van der Waals surface area contributed by atoms with Crippen LogP contribution in [0, 0.1) is 5.41 Å². The van der Waals surface area contributed by atoms with Crippen molar-refractivity contribution < 1.29 is 0 Å². The van der Waals surface area contributed by atoms with E-state index in [0.717, 1.165) is 6.42 Å². The van der Waals surface area contributed by atoms with Crippen LogP contribution >= 0.6 is 0 Å². The number of aromatic nitrogens is 4. The van der Waals surface area contributed by atoms with E-state index in [1.807, 2.05) is 7.05 Å². The van der Waals surface area contributed by atoms with E-state index in [4.69, 9.17) is 5.73 Å². The molecule has 0 bridgehead atoms. The maximum absolute atomic E-state index is 5.59. The minimum atomic E-state index is 0.130. The van der Waals surface area contributed by atoms with Gasteiger partial charge in [-0.25, -0.2) is 4.68 Å². The SMILES string of the molecule is Cn1nnnc1NC(CCN)C(C)(C)C. The predicted octanol–water partition coefficient (Wildman–Crippen LogP) is 0.385. The van der Waals surface area contributed by atoms with Gasteiger partial charge in [-0.1, -0.05) is 25.9 Å². The molecule has 0 fully saturated rings. The zero-order valence-corrected chi connectivity index (χ0v) is 9.86. The van der Waals surface area contributed by atoms with E-state index < -0.39 is 0 Å². The number of tetrazole rings is 1. The third kappa shape index (κ3) is 3.16. The highest BCUT2D eigenvalue weighted by molar-refractivity contribution is 5.24. The van der Waals surface area contributed by atoms with Crippen molar-refractivity contribution in [2.75, 3.05) is 11.9 Å². The third-order valence-corrected chi connectivity index (χ3v) is 2.42. The lowest BCUT2D eigenvalue weighted by molar-refractivity contribution is 0.326. The maximum atomic E-state index is 5.59. The first-order valence-corrected chi connectivity index (χ1v) is 5.14. The summed E-state index contributed by atoms with van der Waals surface area (Å²) in [6.45, 7) is 7.17. The molecule has 6 heteroatoms. The number of rotatable bonds is 4. The van der Waals surface area contributed by atoms with E-state index in [-0.39, 0.29) is 11.5 Å². The van der Waals surface area contributed by atoms with Gasteiger partial charge in [-0.2, -0.15) is 0 Å². The second-order valence-electron chi connectivity index (χ2n) is 4.77. The summed E-state index contributed by atoms with van der Waals surface area (Å²) in [5.41, 5.74) is 5.72. The molecule has 0 radical (unpaired) electrons. The zero-order chi connectivity index (χ0) is 11.5. The smallest absolute Gasteiger partial charge is 0.242 e. The molecular weight excluding hydrogens is 192 g/mol. The van der Waals surface area contributed by atoms with E-state index in [1.165, 1.54) is 0 Å². The van der Waals surface area contributed by atoms with Crippen LogP contribution in [0.5, 0.6) is 0 Å². The molecule has 15 heavy (non-hydrogen) atoms. The quantitative estimate of drug-likeness (QED) is 0.754. The highest BCUT2D eigenvalue weighted by Gasteiger charge is 2.25. The molecule has 0 aromatic carbocycles. The van der Waals surface area contributed by atoms with Crippen LogP contribution in [0.1, 0.15) is 27.2 Å². The highest BCUT2D eigenvalue weighted by Crippen LogP contribution is 2.24. The molecule has 3 N–H and O–H groups in total. The van der Waals surface area contributed by atoms with Crippen LogP contribution in [0.4, 0.5) is 5.95 Å². The Morgan fingerprint density at radius 2 is 2.13 bits per heavy atom. The number of aryl methyl sites for hydroxylation is 1. The van der Waals surface area contributed by atoms with Gasteiger partial charge in [-0.3, -0.25) is 0 Å². The Morgan fingerprint density at radius 3 is 2.53 bits per heavy atom. The Bertz CT molecular complexity index is 300. The van der Waals surface area contributed by atoms with E-state index in [0.29, 0.717) is 12.5 Å². The lowest BCUT2D eigenvalue weighted by Crippen LogP contribution is -2.36. The molecule has 0 spiro atoms. The topological polar surface area (TPSA) is 81.7 Å². The minimum absolute atomic E-state index is 0.130. The van der Waals surface area contributed by atoms with Crippen molar-refractivity contribution >= 4 is 5.95 Å². The van der Waals surface area contributed by atoms with Crippen molar-refractivity contribution in [1.82, 2.24) is 20.2 Å². The standard InChI is InChI=1S/C9H20N6/c1-9(2,3)7(5-6-10)11-8-12-13-14-15(8)4/h7H,5-6,10H2,1-4H3,(H,11,12,14). The van der Waals surface area contributed by atoms with Gasteiger partial charge in [-0.05, 0) is 28.8 Å². The maximum Gasteiger partial charge on any atom is 0.242 e. The van der Waals surface area contributed by atoms with Gasteiger partial charge in [0.25, 0.3) is 0 Å². The van der Waals surface area contributed by atoms with Gasteiger partial charge in [-0.15, -0.1) is 0 Å². The first kappa shape index (κ1) is 11.9. The number of nitrogens with zero attached hydrogens (tertiary/aromatic N) is 4. The first-order valence-electron chi connectivity index (χ1n) is 5.14. The number of hydrogen-bond acceptors (Lipinski definition) is 5. The summed E-state index contributed by atoms with van der Waals surface area (Å²) in [6, 6.07) is 0.271. The molecule has 86 valence electrons. The Hall–Kier alpha value is -1.17. The van der Waals surface area contributed by atoms with Gasteiger partial charge in [0.05, 0.1) is 0 Å². The van der Waals surface area contributed by atoms with Gasteiger partial charge in [0.1, 0.15) is 0 Å². The summed E-state index contributed by atoms with van der Waals surface area (Å²) >= 11 is 0. The molecule has 0 saturated heterocycles. The molecule has 1 unspecified atom stereocenters. The second-order valence-corrected chi connectivity index (χ2v) is 4.77. The fourth-order valence-electron chi connectivity index (χ4n) is 1.40. The largest absolute Gasteiger partial charge is 0.350 e. The summed E-state index contributed by atoms with van der Waals surface area (Å²) in [5.74, 6) is 0.684. The van der Waals surface area contributed by atoms with Crippen molar-refractivity contribution in [1.29, 1.82) is 0 Å². The fraction of sp³-hybridized carbons (Fsp3) is 0.889. The van der Waals surface area contributed by atoms with Crippen LogP contribution < -0.4 is 11.1 Å². The van der Waals surface area contributed by atoms with E-state index in [1.54, 1.807) is 4.68 Å². The van der Waals surface area contributed by atoms with Crippen LogP contribution in [0.25, 0.3) is 0 Å². The molecule has 1 rings (SSSR count). The second kappa shape index (κ2) is 4.57. The summed E-state index contributed by atoms with van der Waals surface area (Å²) in [7, 11) is 1.81. The van der Waals surface area contributed by atoms with Crippen LogP contribution in [-0.2, 0) is 7.05 Å². The van der Waals surface area contributed by atoms with E-state index >= 15 is 0 Å². The van der Waals surface area contributed by atoms with Gasteiger partial charge >= 0.3 is 0 Å². The van der Waals surface area contributed by atoms with Crippen molar-refractivity contribution in [2.45, 2.75) is 33.2 Å². The van der Waals surface area contributed by atoms with Crippen molar-refractivity contribution in [3.8, 4) is 0 Å². The average molecular weight is 212 g/mol. The molecule has 0 aliphatic heterocycles. The summed E-state index contributed by atoms with van der Waals surface area (Å²) in [6.07, 6.45) is 0.899. The lowest BCUT2D eigenvalue weighted by Gasteiger charge is -2.31. The van der Waals surface area contributed by atoms with Gasteiger partial charge in [0.15, 0.2) is 0 Å². The molecule has 6 nitrogen and oxygen atoms in total. The predicted molar refractivity (Wildman–Crippen MR) is 59.3 cm³/mol. The van der Waals surface area contributed by atoms with Gasteiger partial charge in [0.2, 0.25) is 5.95 Å². The number of hydrogen-bond donors (Lipinski definition) is 2. The van der Waals surface area contributed by atoms with Crippen LogP contribution in [-0.4, -0.2) is 32.8 Å². The van der Waals surface area contributed by atoms with Crippen LogP contribution in [0.15, 0.2) is 0 Å². The molecule has 1 heterocycles. The van der Waals surface area contributed by atoms with E-state index in [9.17, 15) is 0 Å². The summed E-state index contributed by atoms with van der Waals surface area (Å²) in [5, 5.41) is 14.6. The van der Waals surface area contributed by atoms with E-state index in [2.05, 4.69) is 41.6 Å². The first-order chi connectivity index (χ1) is 6.95. The van der Waals surface area contributed by atoms with Crippen LogP contribution in [0.2, 0.25) is 0 Å². The van der Waals surface area contributed by atoms with Gasteiger partial charge in [0, 0.05) is 13.1 Å². The zero-order valence-electron chi connectivity index (χ0n) is 9.86. The summed E-state index contributed by atoms with van der Waals surface area (Å²) in [4.78, 5) is 0. The van der Waals surface area contributed by atoms with Crippen molar-refractivity contribution in [2.24, 2.45) is 18.2 Å². The Labute approximate surface area is 90.2 Å². The van der Waals surface area contributed by atoms with Crippen molar-refractivity contribution in [3.05, 3.63) is 0 Å². The normalized spacial score (nSPS) is 13.9. The van der Waals surface area contributed by atoms with Gasteiger partial charge < -0.3 is 11.1 Å². The highest BCUT2D eigenvalue weighted by atomic mass is 15.6. The minimum Gasteiger partial charge on any atom is -0.350 e. The Balaban J connectivity index is 2.71. The molecular formula is C9H20N6. The Kier molecular flexibility index (Phi) is 3.62. The summed E-state index contributed by atoms with van der Waals surface area (Å²) < 4.78 is 1.62. The molecule has 0 aliphatic carbocycles. The third-order valence-electron chi connectivity index (χ3n) is 2.42. The Morgan fingerprint density at radius 1 is 1.47 bits per heavy atom. The number of nitrogens with two attached hydrogens (primary N) is 1. The number of anilines is 1. The average Bonchev–Trinajstić information content (AvgIpc) is 2.49. The fourth-order valence-corrected chi connectivity index (χ4v) is 1.40. The monoisotopic (exact) mass is 212 g/mol. The molecule has 1 aromatic rings. The molecule has 1 atom stereocenters. The van der Waals surface area contributed by atoms with Crippen LogP contribution in [0.3, 0.4) is 0 Å². The molecule has 0 amide bonds. The number of nitrogens with one attached hydrogen (secondary N) is 1. The molecule has 0 aliphatic rings. The molecule has 1 aromatic heterocycles.